The Bertz CT molecular complexity index is 488. The summed E-state index contributed by atoms with van der Waals surface area (Å²) >= 11 is 3.37. The van der Waals surface area contributed by atoms with E-state index in [1.165, 1.54) is 12.0 Å². The minimum Gasteiger partial charge on any atom is -0.469 e. The molecule has 19 heavy (non-hydrogen) atoms. The van der Waals surface area contributed by atoms with E-state index in [9.17, 15) is 9.59 Å². The lowest BCUT2D eigenvalue weighted by Gasteiger charge is -2.21. The number of hydrogen-bond acceptors (Lipinski definition) is 3. The van der Waals surface area contributed by atoms with E-state index in [0.717, 1.165) is 10.0 Å². The zero-order chi connectivity index (χ0) is 14.6. The summed E-state index contributed by atoms with van der Waals surface area (Å²) in [5, 5.41) is 0. The van der Waals surface area contributed by atoms with Crippen LogP contribution in [0.3, 0.4) is 0 Å². The van der Waals surface area contributed by atoms with Gasteiger partial charge in [-0.15, -0.1) is 0 Å². The van der Waals surface area contributed by atoms with Crippen LogP contribution in [0.25, 0.3) is 0 Å². The maximum absolute atomic E-state index is 12.3. The van der Waals surface area contributed by atoms with Crippen molar-refractivity contribution >= 4 is 27.8 Å². The lowest BCUT2D eigenvalue weighted by molar-refractivity contribution is -0.145. The third-order valence-electron chi connectivity index (χ3n) is 2.92. The standard InChI is InChI=1S/C14H18BrNO3/c1-9-7-11(15)5-6-12(9)13(17)16(3)8-10(2)14(18)19-4/h5-7,10H,8H2,1-4H3. The van der Waals surface area contributed by atoms with Gasteiger partial charge in [-0.25, -0.2) is 0 Å². The third-order valence-corrected chi connectivity index (χ3v) is 3.41. The van der Waals surface area contributed by atoms with Crippen LogP contribution in [0.4, 0.5) is 0 Å². The second-order valence-electron chi connectivity index (χ2n) is 4.57. The number of halogens is 1. The van der Waals surface area contributed by atoms with Crippen molar-refractivity contribution in [2.45, 2.75) is 13.8 Å². The number of hydrogen-bond donors (Lipinski definition) is 0. The number of esters is 1. The number of benzene rings is 1. The molecular formula is C14H18BrNO3. The summed E-state index contributed by atoms with van der Waals surface area (Å²) in [6.07, 6.45) is 0. The zero-order valence-electron chi connectivity index (χ0n) is 11.6. The molecular weight excluding hydrogens is 310 g/mol. The quantitative estimate of drug-likeness (QED) is 0.799. The molecule has 1 amide bonds. The molecule has 0 saturated heterocycles. The van der Waals surface area contributed by atoms with Crippen molar-refractivity contribution in [2.24, 2.45) is 5.92 Å². The number of ether oxygens (including phenoxy) is 1. The molecule has 5 heteroatoms. The molecule has 0 aliphatic heterocycles. The number of rotatable bonds is 4. The first kappa shape index (κ1) is 15.7. The van der Waals surface area contributed by atoms with Crippen molar-refractivity contribution in [1.29, 1.82) is 0 Å². The van der Waals surface area contributed by atoms with Crippen LogP contribution in [0, 0.1) is 12.8 Å². The first-order valence-electron chi connectivity index (χ1n) is 5.96. The van der Waals surface area contributed by atoms with E-state index >= 15 is 0 Å². The largest absolute Gasteiger partial charge is 0.469 e. The van der Waals surface area contributed by atoms with Gasteiger partial charge in [0.15, 0.2) is 0 Å². The molecule has 0 fully saturated rings. The van der Waals surface area contributed by atoms with Gasteiger partial charge in [0.1, 0.15) is 0 Å². The predicted octanol–water partition coefficient (Wildman–Crippen LogP) is 2.64. The van der Waals surface area contributed by atoms with Crippen LogP contribution in [-0.2, 0) is 9.53 Å². The molecule has 1 atom stereocenters. The predicted molar refractivity (Wildman–Crippen MR) is 77.0 cm³/mol. The van der Waals surface area contributed by atoms with E-state index in [1.807, 2.05) is 19.1 Å². The molecule has 0 bridgehead atoms. The van der Waals surface area contributed by atoms with Crippen molar-refractivity contribution in [3.05, 3.63) is 33.8 Å². The van der Waals surface area contributed by atoms with Gasteiger partial charge >= 0.3 is 5.97 Å². The van der Waals surface area contributed by atoms with E-state index in [1.54, 1.807) is 20.0 Å². The van der Waals surface area contributed by atoms with Crippen molar-refractivity contribution in [1.82, 2.24) is 4.90 Å². The number of nitrogens with zero attached hydrogens (tertiary/aromatic N) is 1. The Hall–Kier alpha value is -1.36. The number of aryl methyl sites for hydroxylation is 1. The van der Waals surface area contributed by atoms with Gasteiger partial charge in [0.25, 0.3) is 5.91 Å². The van der Waals surface area contributed by atoms with Crippen molar-refractivity contribution < 1.29 is 14.3 Å². The summed E-state index contributed by atoms with van der Waals surface area (Å²) in [5.41, 5.74) is 1.54. The van der Waals surface area contributed by atoms with E-state index in [2.05, 4.69) is 20.7 Å². The Morgan fingerprint density at radius 3 is 2.58 bits per heavy atom. The lowest BCUT2D eigenvalue weighted by atomic mass is 10.1. The fourth-order valence-corrected chi connectivity index (χ4v) is 2.32. The van der Waals surface area contributed by atoms with Crippen LogP contribution in [0.2, 0.25) is 0 Å². The van der Waals surface area contributed by atoms with Crippen LogP contribution in [-0.4, -0.2) is 37.5 Å². The van der Waals surface area contributed by atoms with Crippen molar-refractivity contribution in [3.63, 3.8) is 0 Å². The second-order valence-corrected chi connectivity index (χ2v) is 5.48. The number of carbonyl (C=O) groups is 2. The molecule has 0 saturated carbocycles. The fourth-order valence-electron chi connectivity index (χ4n) is 1.84. The first-order valence-corrected chi connectivity index (χ1v) is 6.75. The SMILES string of the molecule is COC(=O)C(C)CN(C)C(=O)c1ccc(Br)cc1C. The number of amides is 1. The number of methoxy groups -OCH3 is 1. The Balaban J connectivity index is 2.79. The molecule has 1 aromatic rings. The van der Waals surface area contributed by atoms with E-state index < -0.39 is 0 Å². The third kappa shape index (κ3) is 4.06. The zero-order valence-corrected chi connectivity index (χ0v) is 13.2. The molecule has 0 aromatic heterocycles. The monoisotopic (exact) mass is 327 g/mol. The molecule has 1 rings (SSSR count). The highest BCUT2D eigenvalue weighted by Crippen LogP contribution is 2.17. The summed E-state index contributed by atoms with van der Waals surface area (Å²) < 4.78 is 5.59. The molecule has 0 spiro atoms. The van der Waals surface area contributed by atoms with E-state index in [0.29, 0.717) is 12.1 Å². The summed E-state index contributed by atoms with van der Waals surface area (Å²) in [6.45, 7) is 3.96. The molecule has 4 nitrogen and oxygen atoms in total. The molecule has 0 N–H and O–H groups in total. The van der Waals surface area contributed by atoms with Gasteiger partial charge in [-0.1, -0.05) is 22.9 Å². The Morgan fingerprint density at radius 1 is 1.42 bits per heavy atom. The van der Waals surface area contributed by atoms with E-state index in [-0.39, 0.29) is 17.8 Å². The maximum Gasteiger partial charge on any atom is 0.310 e. The lowest BCUT2D eigenvalue weighted by Crippen LogP contribution is -2.34. The summed E-state index contributed by atoms with van der Waals surface area (Å²) in [5.74, 6) is -0.748. The highest BCUT2D eigenvalue weighted by Gasteiger charge is 2.20. The molecule has 0 aliphatic carbocycles. The second kappa shape index (κ2) is 6.70. The molecule has 104 valence electrons. The molecule has 1 aromatic carbocycles. The van der Waals surface area contributed by atoms with E-state index in [4.69, 9.17) is 0 Å². The van der Waals surface area contributed by atoms with Crippen LogP contribution in [0.15, 0.2) is 22.7 Å². The van der Waals surface area contributed by atoms with Gasteiger partial charge in [-0.3, -0.25) is 9.59 Å². The highest BCUT2D eigenvalue weighted by atomic mass is 79.9. The summed E-state index contributed by atoms with van der Waals surface area (Å²) in [6, 6.07) is 5.50. The average molecular weight is 328 g/mol. The van der Waals surface area contributed by atoms with Gasteiger partial charge < -0.3 is 9.64 Å². The summed E-state index contributed by atoms with van der Waals surface area (Å²) in [7, 11) is 3.03. The Morgan fingerprint density at radius 2 is 2.05 bits per heavy atom. The van der Waals surface area contributed by atoms with Crippen molar-refractivity contribution in [3.8, 4) is 0 Å². The van der Waals surface area contributed by atoms with Crippen LogP contribution in [0.5, 0.6) is 0 Å². The Kier molecular flexibility index (Phi) is 5.54. The highest BCUT2D eigenvalue weighted by molar-refractivity contribution is 9.10. The van der Waals surface area contributed by atoms with Crippen LogP contribution >= 0.6 is 15.9 Å². The fraction of sp³-hybridized carbons (Fsp3) is 0.429. The van der Waals surface area contributed by atoms with Crippen molar-refractivity contribution in [2.75, 3.05) is 20.7 Å². The van der Waals surface area contributed by atoms with Gasteiger partial charge in [0.2, 0.25) is 0 Å². The van der Waals surface area contributed by atoms with Crippen LogP contribution in [0.1, 0.15) is 22.8 Å². The number of carbonyl (C=O) groups excluding carboxylic acids is 2. The van der Waals surface area contributed by atoms with Gasteiger partial charge in [-0.2, -0.15) is 0 Å². The molecule has 1 unspecified atom stereocenters. The molecule has 0 heterocycles. The van der Waals surface area contributed by atoms with Crippen LogP contribution < -0.4 is 0 Å². The molecule has 0 aliphatic rings. The average Bonchev–Trinajstić information content (AvgIpc) is 2.36. The first-order chi connectivity index (χ1) is 8.86. The maximum atomic E-state index is 12.3. The van der Waals surface area contributed by atoms with Gasteiger partial charge in [0, 0.05) is 23.6 Å². The van der Waals surface area contributed by atoms with Gasteiger partial charge in [0.05, 0.1) is 13.0 Å². The minimum absolute atomic E-state index is 0.0965. The topological polar surface area (TPSA) is 46.6 Å². The summed E-state index contributed by atoms with van der Waals surface area (Å²) in [4.78, 5) is 25.2. The van der Waals surface area contributed by atoms with Gasteiger partial charge in [-0.05, 0) is 30.7 Å². The smallest absolute Gasteiger partial charge is 0.310 e. The minimum atomic E-state index is -0.338. The molecule has 0 radical (unpaired) electrons. The normalized spacial score (nSPS) is 11.8. The Labute approximate surface area is 121 Å².